The number of carbonyl (C=O) groups excluding carboxylic acids is 4. The summed E-state index contributed by atoms with van der Waals surface area (Å²) in [6, 6.07) is 8.73. The van der Waals surface area contributed by atoms with E-state index in [-0.39, 0.29) is 55.5 Å². The number of aryl methyl sites for hydroxylation is 1. The minimum atomic E-state index is -0.993. The number of ether oxygens (including phenoxy) is 3. The first kappa shape index (κ1) is 49.7. The van der Waals surface area contributed by atoms with E-state index in [4.69, 9.17) is 24.2 Å². The summed E-state index contributed by atoms with van der Waals surface area (Å²) in [6.45, 7) is 18.3. The highest BCUT2D eigenvalue weighted by Crippen LogP contribution is 2.42. The number of aromatic nitrogens is 3. The van der Waals surface area contributed by atoms with E-state index in [1.807, 2.05) is 65.1 Å². The highest BCUT2D eigenvalue weighted by Gasteiger charge is 2.38. The standard InChI is InChI=1S/C51H68N8O7S/c1-12-58-42-18-17-33-23-36(42)37(46(58)35-15-13-21-52-45(35)32(4)64-11)25-50(5,6)30-66-49(63)39-16-14-22-59(55-39)48(62)40(24-43-53-41(33)29-67-43)54-47(61)38(31(2)3)28-65-34-26-57(27-34)44(60)19-20-51(7,8)56(9)10/h13,15,17-18,21,23,29,31-32,34,38-40,55H,12,14,16,22,24-28,30H2,1-11H3,(H,54,61)/t32?,38-,39-,40-/m0/s1. The fourth-order valence-corrected chi connectivity index (χ4v) is 9.61. The molecular weight excluding hydrogens is 869 g/mol. The van der Waals surface area contributed by atoms with Gasteiger partial charge in [0.05, 0.1) is 59.0 Å². The molecule has 3 amide bonds. The van der Waals surface area contributed by atoms with Crippen molar-refractivity contribution < 1.29 is 33.4 Å². The van der Waals surface area contributed by atoms with Crippen LogP contribution in [0.3, 0.4) is 0 Å². The van der Waals surface area contributed by atoms with E-state index in [2.05, 4.69) is 72.2 Å². The first-order valence-electron chi connectivity index (χ1n) is 23.5. The Hall–Kier alpha value is -5.18. The zero-order chi connectivity index (χ0) is 48.4. The van der Waals surface area contributed by atoms with E-state index < -0.39 is 34.9 Å². The van der Waals surface area contributed by atoms with Crippen LogP contribution in [0, 0.1) is 29.1 Å². The topological polar surface area (TPSA) is 160 Å². The molecule has 360 valence electrons. The average molecular weight is 937 g/mol. The van der Waals surface area contributed by atoms with Crippen LogP contribution in [-0.4, -0.2) is 131 Å². The molecule has 6 bridgehead atoms. The van der Waals surface area contributed by atoms with Crippen LogP contribution < -0.4 is 10.7 Å². The maximum Gasteiger partial charge on any atom is 0.324 e. The lowest BCUT2D eigenvalue weighted by Gasteiger charge is -2.38. The van der Waals surface area contributed by atoms with Crippen molar-refractivity contribution in [1.82, 2.24) is 40.1 Å². The number of benzene rings is 1. The van der Waals surface area contributed by atoms with Crippen molar-refractivity contribution in [2.24, 2.45) is 17.3 Å². The molecule has 2 fully saturated rings. The minimum absolute atomic E-state index is 0.115. The third kappa shape index (κ3) is 11.1. The Bertz CT molecular complexity index is 2530. The van der Waals surface area contributed by atoms with Gasteiger partial charge in [-0.05, 0) is 103 Å². The van der Waals surface area contributed by atoms with E-state index in [0.29, 0.717) is 50.4 Å². The van der Waals surface area contributed by atoms with E-state index in [1.54, 1.807) is 18.2 Å². The number of nitrogens with zero attached hydrogens (tertiary/aromatic N) is 6. The molecule has 3 aliphatic heterocycles. The molecule has 4 aromatic rings. The molecule has 2 N–H and O–H groups in total. The molecule has 7 rings (SSSR count). The summed E-state index contributed by atoms with van der Waals surface area (Å²) in [7, 11) is 5.53. The van der Waals surface area contributed by atoms with Gasteiger partial charge in [-0.2, -0.15) is 0 Å². The first-order chi connectivity index (χ1) is 31.8. The van der Waals surface area contributed by atoms with Crippen LogP contribution in [0.2, 0.25) is 0 Å². The van der Waals surface area contributed by atoms with Gasteiger partial charge in [0.1, 0.15) is 12.1 Å². The van der Waals surface area contributed by atoms with Gasteiger partial charge in [-0.15, -0.1) is 11.3 Å². The maximum atomic E-state index is 14.6. The molecule has 2 saturated heterocycles. The molecule has 67 heavy (non-hydrogen) atoms. The SMILES string of the molecule is CCn1c(-c2cccnc2C(C)OC)c2c3cc(ccc31)-c1csc(n1)C[C@H](NC(=O)[C@@H](COC1CN(C(=O)C#CC(C)(C)N(C)C)C1)C(C)C)C(=O)N1CCC[C@H](N1)C(=O)OCC(C)(C)C2. The Labute approximate surface area is 399 Å². The third-order valence-electron chi connectivity index (χ3n) is 13.5. The zero-order valence-electron chi connectivity index (χ0n) is 41.0. The highest BCUT2D eigenvalue weighted by molar-refractivity contribution is 7.10. The minimum Gasteiger partial charge on any atom is -0.464 e. The summed E-state index contributed by atoms with van der Waals surface area (Å²) < 4.78 is 20.5. The van der Waals surface area contributed by atoms with Gasteiger partial charge >= 0.3 is 5.97 Å². The van der Waals surface area contributed by atoms with Gasteiger partial charge in [-0.3, -0.25) is 34.1 Å². The van der Waals surface area contributed by atoms with Gasteiger partial charge in [0.2, 0.25) is 5.91 Å². The van der Waals surface area contributed by atoms with Crippen LogP contribution in [0.25, 0.3) is 33.4 Å². The normalized spacial score (nSPS) is 20.2. The van der Waals surface area contributed by atoms with E-state index in [0.717, 1.165) is 44.7 Å². The maximum absolute atomic E-state index is 14.6. The summed E-state index contributed by atoms with van der Waals surface area (Å²) in [5.41, 5.74) is 8.97. The number of nitrogens with one attached hydrogen (secondary N) is 2. The average Bonchev–Trinajstić information content (AvgIpc) is 3.88. The number of methoxy groups -OCH3 is 1. The Balaban J connectivity index is 1.18. The second-order valence-electron chi connectivity index (χ2n) is 20.0. The molecule has 16 heteroatoms. The van der Waals surface area contributed by atoms with Crippen molar-refractivity contribution in [3.8, 4) is 34.4 Å². The van der Waals surface area contributed by atoms with E-state index >= 15 is 0 Å². The highest BCUT2D eigenvalue weighted by atomic mass is 32.1. The molecule has 0 radical (unpaired) electrons. The second-order valence-corrected chi connectivity index (χ2v) is 20.9. The molecule has 3 aromatic heterocycles. The number of cyclic esters (lactones) is 1. The smallest absolute Gasteiger partial charge is 0.324 e. The third-order valence-corrected chi connectivity index (χ3v) is 14.4. The lowest BCUT2D eigenvalue weighted by molar-refractivity contribution is -0.155. The molecule has 1 unspecified atom stereocenters. The van der Waals surface area contributed by atoms with Gasteiger partial charge in [0, 0.05) is 78.7 Å². The Morgan fingerprint density at radius 3 is 2.61 bits per heavy atom. The number of hydrazine groups is 1. The van der Waals surface area contributed by atoms with Crippen LogP contribution in [0.5, 0.6) is 0 Å². The van der Waals surface area contributed by atoms with Gasteiger partial charge in [-0.25, -0.2) is 10.4 Å². The van der Waals surface area contributed by atoms with Crippen LogP contribution in [-0.2, 0) is 52.8 Å². The van der Waals surface area contributed by atoms with Crippen LogP contribution in [0.1, 0.15) is 90.6 Å². The Morgan fingerprint density at radius 1 is 1.15 bits per heavy atom. The molecule has 6 heterocycles. The van der Waals surface area contributed by atoms with Gasteiger partial charge in [-0.1, -0.05) is 39.7 Å². The lowest BCUT2D eigenvalue weighted by atomic mass is 9.84. The zero-order valence-corrected chi connectivity index (χ0v) is 41.8. The molecule has 3 aliphatic rings. The Morgan fingerprint density at radius 2 is 1.91 bits per heavy atom. The summed E-state index contributed by atoms with van der Waals surface area (Å²) >= 11 is 1.44. The number of amides is 3. The number of rotatable bonds is 11. The fourth-order valence-electron chi connectivity index (χ4n) is 8.76. The van der Waals surface area contributed by atoms with Crippen molar-refractivity contribution in [1.29, 1.82) is 0 Å². The predicted octanol–water partition coefficient (Wildman–Crippen LogP) is 6.05. The molecule has 0 aliphatic carbocycles. The first-order valence-corrected chi connectivity index (χ1v) is 24.4. The monoisotopic (exact) mass is 936 g/mol. The lowest BCUT2D eigenvalue weighted by Crippen LogP contribution is -2.61. The number of thiazole rings is 1. The van der Waals surface area contributed by atoms with Crippen LogP contribution in [0.15, 0.2) is 41.9 Å². The van der Waals surface area contributed by atoms with Gasteiger partial charge in [0.25, 0.3) is 11.8 Å². The van der Waals surface area contributed by atoms with E-state index in [9.17, 15) is 19.2 Å². The fraction of sp³-hybridized carbons (Fsp3) is 0.569. The molecule has 0 spiro atoms. The number of hydrogen-bond donors (Lipinski definition) is 2. The number of pyridine rings is 1. The number of fused-ring (bicyclic) bond motifs is 6. The van der Waals surface area contributed by atoms with Crippen LogP contribution >= 0.6 is 11.3 Å². The number of hydrogen-bond acceptors (Lipinski definition) is 12. The summed E-state index contributed by atoms with van der Waals surface area (Å²) in [5, 5.41) is 8.29. The number of carbonyl (C=O) groups is 4. The number of esters is 1. The van der Waals surface area contributed by atoms with E-state index in [1.165, 1.54) is 16.3 Å². The van der Waals surface area contributed by atoms with Crippen molar-refractivity contribution in [2.45, 2.75) is 117 Å². The van der Waals surface area contributed by atoms with Crippen molar-refractivity contribution in [3.63, 3.8) is 0 Å². The molecule has 4 atom stereocenters. The predicted molar refractivity (Wildman–Crippen MR) is 260 cm³/mol. The molecule has 15 nitrogen and oxygen atoms in total. The quantitative estimate of drug-likeness (QED) is 0.133. The number of likely N-dealkylation sites (tertiary alicyclic amines) is 1. The summed E-state index contributed by atoms with van der Waals surface area (Å²) in [4.78, 5) is 69.0. The summed E-state index contributed by atoms with van der Waals surface area (Å²) in [6.07, 6.45) is 3.11. The molecular formula is C51H68N8O7S. The van der Waals surface area contributed by atoms with Crippen LogP contribution in [0.4, 0.5) is 0 Å². The van der Waals surface area contributed by atoms with Crippen molar-refractivity contribution in [2.75, 3.05) is 54.1 Å². The van der Waals surface area contributed by atoms with Gasteiger partial charge in [0.15, 0.2) is 0 Å². The van der Waals surface area contributed by atoms with Gasteiger partial charge < -0.3 is 29.0 Å². The summed E-state index contributed by atoms with van der Waals surface area (Å²) in [5.74, 6) is 3.73. The largest absolute Gasteiger partial charge is 0.464 e. The van der Waals surface area contributed by atoms with Crippen molar-refractivity contribution in [3.05, 3.63) is 58.2 Å². The molecule has 1 aromatic carbocycles. The second kappa shape index (κ2) is 20.6. The molecule has 0 saturated carbocycles. The Kier molecular flexibility index (Phi) is 15.3. The van der Waals surface area contributed by atoms with Crippen molar-refractivity contribution >= 4 is 45.9 Å².